The van der Waals surface area contributed by atoms with Gasteiger partial charge in [0.2, 0.25) is 11.8 Å². The molecule has 1 N–H and O–H groups in total. The molecule has 2 heterocycles. The molecule has 7 nitrogen and oxygen atoms in total. The highest BCUT2D eigenvalue weighted by Gasteiger charge is 2.54. The van der Waals surface area contributed by atoms with Gasteiger partial charge in [-0.25, -0.2) is 0 Å². The second-order valence-corrected chi connectivity index (χ2v) is 10.4. The normalized spacial score (nSPS) is 20.0. The fourth-order valence-corrected chi connectivity index (χ4v) is 5.23. The number of benzene rings is 2. The molecule has 0 bridgehead atoms. The Bertz CT molecular complexity index is 1090. The number of hydrogen-bond donors (Lipinski definition) is 1. The van der Waals surface area contributed by atoms with E-state index in [1.54, 1.807) is 11.0 Å². The van der Waals surface area contributed by atoms with Crippen LogP contribution in [0.5, 0.6) is 0 Å². The Balaban J connectivity index is 1.58. The van der Waals surface area contributed by atoms with Gasteiger partial charge < -0.3 is 15.0 Å². The number of aryl methyl sites for hydroxylation is 1. The van der Waals surface area contributed by atoms with Crippen molar-refractivity contribution >= 4 is 17.7 Å². The monoisotopic (exact) mass is 491 g/mol. The van der Waals surface area contributed by atoms with Crippen molar-refractivity contribution in [2.45, 2.75) is 64.8 Å². The predicted octanol–water partition coefficient (Wildman–Crippen LogP) is 4.08. The predicted molar refractivity (Wildman–Crippen MR) is 138 cm³/mol. The summed E-state index contributed by atoms with van der Waals surface area (Å²) in [6, 6.07) is 16.2. The standard InChI is InChI=1S/C29H37N3O4/c1-20(2)18-26(33)31-16-14-29(15-17-31)32(28(35)24-13-9-8-10-21(24)3)25(19-36-29)27(34)30-22(4)23-11-6-5-7-12-23/h5-13,20,22,25H,14-19H2,1-4H3,(H,30,34)/t22-,25+/m0/s1. The fourth-order valence-electron chi connectivity index (χ4n) is 5.23. The van der Waals surface area contributed by atoms with Crippen LogP contribution < -0.4 is 5.32 Å². The lowest BCUT2D eigenvalue weighted by molar-refractivity contribution is -0.144. The maximum absolute atomic E-state index is 14.0. The number of carbonyl (C=O) groups is 3. The van der Waals surface area contributed by atoms with Crippen molar-refractivity contribution in [3.05, 3.63) is 71.3 Å². The van der Waals surface area contributed by atoms with Crippen LogP contribution in [0.4, 0.5) is 0 Å². The molecule has 36 heavy (non-hydrogen) atoms. The third kappa shape index (κ3) is 5.31. The van der Waals surface area contributed by atoms with Gasteiger partial charge in [-0.2, -0.15) is 0 Å². The molecule has 2 fully saturated rings. The molecule has 0 radical (unpaired) electrons. The summed E-state index contributed by atoms with van der Waals surface area (Å²) >= 11 is 0. The number of carbonyl (C=O) groups excluding carboxylic acids is 3. The van der Waals surface area contributed by atoms with Crippen LogP contribution in [0.1, 0.15) is 67.6 Å². The van der Waals surface area contributed by atoms with Crippen LogP contribution in [0.3, 0.4) is 0 Å². The molecule has 7 heteroatoms. The van der Waals surface area contributed by atoms with Crippen molar-refractivity contribution in [2.75, 3.05) is 19.7 Å². The largest absolute Gasteiger partial charge is 0.353 e. The summed E-state index contributed by atoms with van der Waals surface area (Å²) in [5.74, 6) is -0.0286. The lowest BCUT2D eigenvalue weighted by atomic mass is 9.95. The summed E-state index contributed by atoms with van der Waals surface area (Å²) < 4.78 is 6.31. The SMILES string of the molecule is Cc1ccccc1C(=O)N1[C@@H](C(=O)N[C@@H](C)c2ccccc2)COC12CCN(C(=O)CC(C)C)CC2. The molecular formula is C29H37N3O4. The number of amides is 3. The average molecular weight is 492 g/mol. The summed E-state index contributed by atoms with van der Waals surface area (Å²) in [7, 11) is 0. The van der Waals surface area contributed by atoms with E-state index >= 15 is 0 Å². The Morgan fingerprint density at radius 2 is 1.64 bits per heavy atom. The smallest absolute Gasteiger partial charge is 0.257 e. The maximum Gasteiger partial charge on any atom is 0.257 e. The molecule has 1 spiro atoms. The Labute approximate surface area is 213 Å². The third-order valence-electron chi connectivity index (χ3n) is 7.30. The minimum Gasteiger partial charge on any atom is -0.353 e. The van der Waals surface area contributed by atoms with Gasteiger partial charge in [0.05, 0.1) is 12.6 Å². The number of nitrogens with zero attached hydrogens (tertiary/aromatic N) is 2. The number of ether oxygens (including phenoxy) is 1. The van der Waals surface area contributed by atoms with Gasteiger partial charge in [-0.15, -0.1) is 0 Å². The van der Waals surface area contributed by atoms with Gasteiger partial charge in [0, 0.05) is 37.9 Å². The molecule has 2 saturated heterocycles. The van der Waals surface area contributed by atoms with E-state index in [4.69, 9.17) is 4.74 Å². The van der Waals surface area contributed by atoms with Gasteiger partial charge >= 0.3 is 0 Å². The zero-order valence-electron chi connectivity index (χ0n) is 21.7. The number of rotatable bonds is 6. The number of hydrogen-bond acceptors (Lipinski definition) is 4. The molecule has 192 valence electrons. The Morgan fingerprint density at radius 1 is 1.00 bits per heavy atom. The second-order valence-electron chi connectivity index (χ2n) is 10.4. The molecule has 4 rings (SSSR count). The number of likely N-dealkylation sites (tertiary alicyclic amines) is 1. The molecule has 0 aliphatic carbocycles. The van der Waals surface area contributed by atoms with Crippen molar-refractivity contribution in [3.63, 3.8) is 0 Å². The van der Waals surface area contributed by atoms with E-state index < -0.39 is 11.8 Å². The van der Waals surface area contributed by atoms with Crippen LogP contribution in [0, 0.1) is 12.8 Å². The van der Waals surface area contributed by atoms with Crippen LogP contribution in [-0.4, -0.2) is 59.0 Å². The highest BCUT2D eigenvalue weighted by atomic mass is 16.5. The first-order valence-electron chi connectivity index (χ1n) is 12.9. The fraction of sp³-hybridized carbons (Fsp3) is 0.483. The summed E-state index contributed by atoms with van der Waals surface area (Å²) in [6.45, 7) is 9.03. The first-order chi connectivity index (χ1) is 17.2. The third-order valence-corrected chi connectivity index (χ3v) is 7.30. The van der Waals surface area contributed by atoms with Crippen LogP contribution in [-0.2, 0) is 14.3 Å². The second kappa shape index (κ2) is 10.8. The summed E-state index contributed by atoms with van der Waals surface area (Å²) in [5, 5.41) is 3.08. The summed E-state index contributed by atoms with van der Waals surface area (Å²) in [5.41, 5.74) is 1.50. The summed E-state index contributed by atoms with van der Waals surface area (Å²) in [6.07, 6.45) is 1.46. The zero-order valence-corrected chi connectivity index (χ0v) is 21.7. The number of nitrogens with one attached hydrogen (secondary N) is 1. The molecular weight excluding hydrogens is 454 g/mol. The Morgan fingerprint density at radius 3 is 2.28 bits per heavy atom. The molecule has 2 aromatic rings. The van der Waals surface area contributed by atoms with E-state index in [1.807, 2.05) is 81.1 Å². The van der Waals surface area contributed by atoms with E-state index in [1.165, 1.54) is 0 Å². The summed E-state index contributed by atoms with van der Waals surface area (Å²) in [4.78, 5) is 43.7. The molecule has 0 saturated carbocycles. The minimum absolute atomic E-state index is 0.126. The lowest BCUT2D eigenvalue weighted by Crippen LogP contribution is -2.60. The van der Waals surface area contributed by atoms with Crippen molar-refractivity contribution in [3.8, 4) is 0 Å². The topological polar surface area (TPSA) is 79.0 Å². The quantitative estimate of drug-likeness (QED) is 0.661. The lowest BCUT2D eigenvalue weighted by Gasteiger charge is -2.44. The van der Waals surface area contributed by atoms with Gasteiger partial charge in [0.25, 0.3) is 5.91 Å². The van der Waals surface area contributed by atoms with Crippen LogP contribution >= 0.6 is 0 Å². The van der Waals surface area contributed by atoms with Crippen molar-refractivity contribution in [1.29, 1.82) is 0 Å². The van der Waals surface area contributed by atoms with Crippen molar-refractivity contribution in [2.24, 2.45) is 5.92 Å². The average Bonchev–Trinajstić information content (AvgIpc) is 3.23. The van der Waals surface area contributed by atoms with E-state index in [0.717, 1.165) is 11.1 Å². The van der Waals surface area contributed by atoms with Gasteiger partial charge in [0.15, 0.2) is 0 Å². The first-order valence-corrected chi connectivity index (χ1v) is 12.9. The molecule has 0 aromatic heterocycles. The van der Waals surface area contributed by atoms with Gasteiger partial charge in [-0.1, -0.05) is 62.4 Å². The minimum atomic E-state index is -0.911. The van der Waals surface area contributed by atoms with Gasteiger partial charge in [-0.3, -0.25) is 19.3 Å². The maximum atomic E-state index is 14.0. The molecule has 3 amide bonds. The van der Waals surface area contributed by atoms with E-state index in [2.05, 4.69) is 5.32 Å². The Kier molecular flexibility index (Phi) is 7.79. The van der Waals surface area contributed by atoms with Crippen LogP contribution in [0.2, 0.25) is 0 Å². The van der Waals surface area contributed by atoms with Gasteiger partial charge in [0.1, 0.15) is 11.8 Å². The van der Waals surface area contributed by atoms with E-state index in [0.29, 0.717) is 37.9 Å². The van der Waals surface area contributed by atoms with E-state index in [-0.39, 0.29) is 36.3 Å². The van der Waals surface area contributed by atoms with Crippen molar-refractivity contribution < 1.29 is 19.1 Å². The molecule has 0 unspecified atom stereocenters. The number of piperidine rings is 1. The Hall–Kier alpha value is -3.19. The molecule has 2 aromatic carbocycles. The van der Waals surface area contributed by atoms with Crippen LogP contribution in [0.25, 0.3) is 0 Å². The van der Waals surface area contributed by atoms with E-state index in [9.17, 15) is 14.4 Å². The highest BCUT2D eigenvalue weighted by Crippen LogP contribution is 2.39. The van der Waals surface area contributed by atoms with Gasteiger partial charge in [-0.05, 0) is 37.0 Å². The van der Waals surface area contributed by atoms with Crippen LogP contribution in [0.15, 0.2) is 54.6 Å². The molecule has 2 atom stereocenters. The molecule has 2 aliphatic heterocycles. The first kappa shape index (κ1) is 25.9. The highest BCUT2D eigenvalue weighted by molar-refractivity contribution is 5.99. The zero-order chi connectivity index (χ0) is 25.9. The van der Waals surface area contributed by atoms with Crippen molar-refractivity contribution in [1.82, 2.24) is 15.1 Å². The molecule has 2 aliphatic rings.